The highest BCUT2D eigenvalue weighted by molar-refractivity contribution is 5.47. The molecule has 1 saturated carbocycles. The molecule has 0 spiro atoms. The summed E-state index contributed by atoms with van der Waals surface area (Å²) in [6.07, 6.45) is 3.55. The van der Waals surface area contributed by atoms with Crippen LogP contribution < -0.4 is 0 Å². The maximum absolute atomic E-state index is 10.8. The molecule has 1 aliphatic rings. The third kappa shape index (κ3) is 2.59. The molecular formula is C12H15NO. The summed E-state index contributed by atoms with van der Waals surface area (Å²) >= 11 is 0. The average Bonchev–Trinajstić information content (AvgIpc) is 3.02. The molecule has 0 aliphatic heterocycles. The van der Waals surface area contributed by atoms with Crippen molar-refractivity contribution in [3.63, 3.8) is 0 Å². The Labute approximate surface area is 84.5 Å². The molecule has 1 aliphatic carbocycles. The molecule has 0 bridgehead atoms. The quantitative estimate of drug-likeness (QED) is 0.649. The Morgan fingerprint density at radius 2 is 2.00 bits per heavy atom. The van der Waals surface area contributed by atoms with Crippen LogP contribution in [0, 0.1) is 5.92 Å². The summed E-state index contributed by atoms with van der Waals surface area (Å²) in [7, 11) is 0. The number of carbonyl (C=O) groups excluding carboxylic acids is 1. The molecule has 0 saturated heterocycles. The Bertz CT molecular complexity index is 292. The SMILES string of the molecule is O=CN(Cc1ccccc1)CC1CC1. The van der Waals surface area contributed by atoms with Crippen LogP contribution in [0.5, 0.6) is 0 Å². The summed E-state index contributed by atoms with van der Waals surface area (Å²) in [5.41, 5.74) is 1.21. The van der Waals surface area contributed by atoms with Crippen LogP contribution in [0.25, 0.3) is 0 Å². The first-order valence-electron chi connectivity index (χ1n) is 5.12. The predicted octanol–water partition coefficient (Wildman–Crippen LogP) is 2.05. The minimum absolute atomic E-state index is 0.751. The fourth-order valence-electron chi connectivity index (χ4n) is 1.59. The van der Waals surface area contributed by atoms with Crippen LogP contribution in [0.3, 0.4) is 0 Å². The number of hydrogen-bond donors (Lipinski definition) is 0. The van der Waals surface area contributed by atoms with E-state index in [1.54, 1.807) is 0 Å². The molecule has 0 radical (unpaired) electrons. The molecule has 1 aromatic carbocycles. The molecule has 14 heavy (non-hydrogen) atoms. The normalized spacial score (nSPS) is 15.1. The van der Waals surface area contributed by atoms with Gasteiger partial charge in [0.15, 0.2) is 0 Å². The van der Waals surface area contributed by atoms with Crippen molar-refractivity contribution in [1.29, 1.82) is 0 Å². The number of hydrogen-bond acceptors (Lipinski definition) is 1. The van der Waals surface area contributed by atoms with Crippen molar-refractivity contribution < 1.29 is 4.79 Å². The summed E-state index contributed by atoms with van der Waals surface area (Å²) in [4.78, 5) is 12.7. The molecule has 2 rings (SSSR count). The van der Waals surface area contributed by atoms with Crippen LogP contribution in [0.2, 0.25) is 0 Å². The van der Waals surface area contributed by atoms with E-state index in [0.717, 1.165) is 25.4 Å². The molecule has 0 heterocycles. The minimum atomic E-state index is 0.751. The zero-order valence-corrected chi connectivity index (χ0v) is 8.23. The van der Waals surface area contributed by atoms with Crippen molar-refractivity contribution in [2.75, 3.05) is 6.54 Å². The summed E-state index contributed by atoms with van der Waals surface area (Å²) in [5, 5.41) is 0. The van der Waals surface area contributed by atoms with Crippen molar-refractivity contribution in [2.45, 2.75) is 19.4 Å². The molecule has 1 amide bonds. The van der Waals surface area contributed by atoms with Gasteiger partial charge in [-0.15, -0.1) is 0 Å². The Morgan fingerprint density at radius 3 is 2.57 bits per heavy atom. The van der Waals surface area contributed by atoms with Crippen LogP contribution in [0.4, 0.5) is 0 Å². The van der Waals surface area contributed by atoms with E-state index in [0.29, 0.717) is 0 Å². The van der Waals surface area contributed by atoms with E-state index >= 15 is 0 Å². The molecule has 1 fully saturated rings. The first-order chi connectivity index (χ1) is 6.88. The van der Waals surface area contributed by atoms with E-state index in [2.05, 4.69) is 12.1 Å². The van der Waals surface area contributed by atoms with Gasteiger partial charge in [-0.05, 0) is 24.3 Å². The fraction of sp³-hybridized carbons (Fsp3) is 0.417. The van der Waals surface area contributed by atoms with Crippen LogP contribution in [-0.2, 0) is 11.3 Å². The summed E-state index contributed by atoms with van der Waals surface area (Å²) in [6.45, 7) is 1.68. The van der Waals surface area contributed by atoms with Gasteiger partial charge in [0, 0.05) is 13.1 Å². The Kier molecular flexibility index (Phi) is 2.82. The molecule has 2 heteroatoms. The molecular weight excluding hydrogens is 174 g/mol. The first-order valence-corrected chi connectivity index (χ1v) is 5.12. The zero-order valence-electron chi connectivity index (χ0n) is 8.23. The molecule has 1 aromatic rings. The second kappa shape index (κ2) is 4.27. The van der Waals surface area contributed by atoms with Gasteiger partial charge in [-0.25, -0.2) is 0 Å². The van der Waals surface area contributed by atoms with Crippen molar-refractivity contribution in [3.8, 4) is 0 Å². The van der Waals surface area contributed by atoms with Gasteiger partial charge < -0.3 is 4.90 Å². The van der Waals surface area contributed by atoms with E-state index in [1.165, 1.54) is 18.4 Å². The molecule has 0 atom stereocenters. The second-order valence-corrected chi connectivity index (χ2v) is 3.96. The van der Waals surface area contributed by atoms with Crippen molar-refractivity contribution in [3.05, 3.63) is 35.9 Å². The number of benzene rings is 1. The molecule has 2 nitrogen and oxygen atoms in total. The fourth-order valence-corrected chi connectivity index (χ4v) is 1.59. The topological polar surface area (TPSA) is 20.3 Å². The highest BCUT2D eigenvalue weighted by Gasteiger charge is 2.23. The monoisotopic (exact) mass is 189 g/mol. The van der Waals surface area contributed by atoms with Gasteiger partial charge in [0.05, 0.1) is 0 Å². The van der Waals surface area contributed by atoms with Gasteiger partial charge in [-0.1, -0.05) is 30.3 Å². The minimum Gasteiger partial charge on any atom is -0.341 e. The van der Waals surface area contributed by atoms with Gasteiger partial charge in [0.25, 0.3) is 0 Å². The number of nitrogens with zero attached hydrogens (tertiary/aromatic N) is 1. The molecule has 0 N–H and O–H groups in total. The van der Waals surface area contributed by atoms with Crippen molar-refractivity contribution in [2.24, 2.45) is 5.92 Å². The standard InChI is InChI=1S/C12H15NO/c14-10-13(9-12-6-7-12)8-11-4-2-1-3-5-11/h1-5,10,12H,6-9H2. The van der Waals surface area contributed by atoms with Crippen LogP contribution in [0.1, 0.15) is 18.4 Å². The highest BCUT2D eigenvalue weighted by atomic mass is 16.1. The number of carbonyl (C=O) groups is 1. The summed E-state index contributed by atoms with van der Waals surface area (Å²) in [6, 6.07) is 10.1. The van der Waals surface area contributed by atoms with Gasteiger partial charge in [0.1, 0.15) is 0 Å². The van der Waals surface area contributed by atoms with Gasteiger partial charge in [0.2, 0.25) is 6.41 Å². The predicted molar refractivity (Wildman–Crippen MR) is 55.6 cm³/mol. The van der Waals surface area contributed by atoms with Crippen molar-refractivity contribution in [1.82, 2.24) is 4.90 Å². The van der Waals surface area contributed by atoms with Crippen LogP contribution in [0.15, 0.2) is 30.3 Å². The average molecular weight is 189 g/mol. The Morgan fingerprint density at radius 1 is 1.29 bits per heavy atom. The molecule has 0 unspecified atom stereocenters. The largest absolute Gasteiger partial charge is 0.341 e. The zero-order chi connectivity index (χ0) is 9.80. The van der Waals surface area contributed by atoms with E-state index in [4.69, 9.17) is 0 Å². The maximum atomic E-state index is 10.8. The smallest absolute Gasteiger partial charge is 0.210 e. The van der Waals surface area contributed by atoms with E-state index in [9.17, 15) is 4.79 Å². The lowest BCUT2D eigenvalue weighted by atomic mass is 10.2. The van der Waals surface area contributed by atoms with E-state index < -0.39 is 0 Å². The lowest BCUT2D eigenvalue weighted by molar-refractivity contribution is -0.118. The third-order valence-corrected chi connectivity index (χ3v) is 2.57. The van der Waals surface area contributed by atoms with E-state index in [1.807, 2.05) is 23.1 Å². The summed E-state index contributed by atoms with van der Waals surface area (Å²) < 4.78 is 0. The maximum Gasteiger partial charge on any atom is 0.210 e. The molecule has 74 valence electrons. The lowest BCUT2D eigenvalue weighted by Gasteiger charge is -2.16. The number of rotatable bonds is 5. The summed E-state index contributed by atoms with van der Waals surface area (Å²) in [5.74, 6) is 0.768. The van der Waals surface area contributed by atoms with Crippen LogP contribution in [-0.4, -0.2) is 17.9 Å². The van der Waals surface area contributed by atoms with Crippen LogP contribution >= 0.6 is 0 Å². The Hall–Kier alpha value is -1.31. The highest BCUT2D eigenvalue weighted by Crippen LogP contribution is 2.29. The Balaban J connectivity index is 1.90. The first kappa shape index (κ1) is 9.25. The molecule has 0 aromatic heterocycles. The van der Waals surface area contributed by atoms with E-state index in [-0.39, 0.29) is 0 Å². The van der Waals surface area contributed by atoms with Gasteiger partial charge >= 0.3 is 0 Å². The number of amides is 1. The van der Waals surface area contributed by atoms with Gasteiger partial charge in [-0.2, -0.15) is 0 Å². The second-order valence-electron chi connectivity index (χ2n) is 3.96. The third-order valence-electron chi connectivity index (χ3n) is 2.57. The lowest BCUT2D eigenvalue weighted by Crippen LogP contribution is -2.23. The van der Waals surface area contributed by atoms with Crippen molar-refractivity contribution >= 4 is 6.41 Å². The van der Waals surface area contributed by atoms with Gasteiger partial charge in [-0.3, -0.25) is 4.79 Å².